The van der Waals surface area contributed by atoms with E-state index in [4.69, 9.17) is 28.4 Å². The van der Waals surface area contributed by atoms with Crippen molar-refractivity contribution in [3.05, 3.63) is 24.3 Å². The van der Waals surface area contributed by atoms with E-state index in [0.29, 0.717) is 12.8 Å². The summed E-state index contributed by atoms with van der Waals surface area (Å²) in [4.78, 5) is 38.5. The summed E-state index contributed by atoms with van der Waals surface area (Å²) in [5, 5.41) is 136. The number of ether oxygens (including phenoxy) is 6. The van der Waals surface area contributed by atoms with E-state index in [1.54, 1.807) is 6.08 Å². The van der Waals surface area contributed by atoms with Crippen molar-refractivity contribution in [2.75, 3.05) is 26.4 Å². The molecule has 3 heterocycles. The number of amides is 2. The Morgan fingerprint density at radius 1 is 0.571 bits per heavy atom. The molecule has 3 fully saturated rings. The van der Waals surface area contributed by atoms with Crippen molar-refractivity contribution < 1.29 is 104 Å². The van der Waals surface area contributed by atoms with E-state index in [0.717, 1.165) is 51.9 Å². The van der Waals surface area contributed by atoms with Crippen molar-refractivity contribution in [2.45, 2.75) is 362 Å². The topological polar surface area (TPSA) is 373 Å². The van der Waals surface area contributed by atoms with Gasteiger partial charge in [-0.25, -0.2) is 4.79 Å². The number of aliphatic hydroxyl groups excluding tert-OH is 11. The van der Waals surface area contributed by atoms with Crippen molar-refractivity contribution in [1.29, 1.82) is 0 Å². The monoisotopic (exact) mass is 1300 g/mol. The summed E-state index contributed by atoms with van der Waals surface area (Å²) in [6.07, 6.45) is 19.7. The summed E-state index contributed by atoms with van der Waals surface area (Å²) in [6.45, 7) is 2.10. The Balaban J connectivity index is 1.52. The molecule has 0 aliphatic carbocycles. The highest BCUT2D eigenvalue weighted by molar-refractivity contribution is 5.77. The van der Waals surface area contributed by atoms with Gasteiger partial charge in [0.2, 0.25) is 11.8 Å². The van der Waals surface area contributed by atoms with Gasteiger partial charge in [0.25, 0.3) is 5.79 Å². The van der Waals surface area contributed by atoms with E-state index >= 15 is 0 Å². The molecule has 3 saturated heterocycles. The molecular formula is C68H124N2O21. The van der Waals surface area contributed by atoms with E-state index < -0.39 is 155 Å². The molecule has 532 valence electrons. The van der Waals surface area contributed by atoms with Gasteiger partial charge in [-0.15, -0.1) is 0 Å². The third kappa shape index (κ3) is 31.3. The summed E-state index contributed by atoms with van der Waals surface area (Å²) in [5.41, 5.74) is 0. The van der Waals surface area contributed by atoms with E-state index in [1.165, 1.54) is 161 Å². The Hall–Kier alpha value is -2.79. The molecular weight excluding hydrogens is 1180 g/mol. The lowest BCUT2D eigenvalue weighted by Gasteiger charge is -2.50. The van der Waals surface area contributed by atoms with Gasteiger partial charge in [-0.1, -0.05) is 212 Å². The minimum Gasteiger partial charge on any atom is -0.477 e. The molecule has 18 unspecified atom stereocenters. The average Bonchev–Trinajstić information content (AvgIpc) is 0.769. The van der Waals surface area contributed by atoms with Crippen molar-refractivity contribution in [1.82, 2.24) is 10.6 Å². The molecule has 0 aromatic carbocycles. The lowest BCUT2D eigenvalue weighted by atomic mass is 9.88. The minimum absolute atomic E-state index is 0.200. The summed E-state index contributed by atoms with van der Waals surface area (Å²) in [7, 11) is 0. The van der Waals surface area contributed by atoms with Crippen LogP contribution in [0.1, 0.15) is 252 Å². The van der Waals surface area contributed by atoms with E-state index in [2.05, 4.69) is 36.6 Å². The van der Waals surface area contributed by atoms with Crippen LogP contribution in [-0.4, -0.2) is 215 Å². The Bertz CT molecular complexity index is 1940. The van der Waals surface area contributed by atoms with Crippen molar-refractivity contribution in [3.8, 4) is 0 Å². The predicted molar refractivity (Wildman–Crippen MR) is 343 cm³/mol. The van der Waals surface area contributed by atoms with Crippen LogP contribution in [-0.2, 0) is 42.8 Å². The lowest BCUT2D eigenvalue weighted by Crippen LogP contribution is -2.70. The molecule has 3 rings (SSSR count). The summed E-state index contributed by atoms with van der Waals surface area (Å²) in [6, 6.07) is -2.62. The van der Waals surface area contributed by atoms with Gasteiger partial charge < -0.3 is 100 Å². The maximum absolute atomic E-state index is 13.4. The van der Waals surface area contributed by atoms with Crippen LogP contribution >= 0.6 is 0 Å². The Kier molecular flexibility index (Phi) is 44.2. The number of allylic oxidation sites excluding steroid dienone is 3. The predicted octanol–water partition coefficient (Wildman–Crippen LogP) is 6.45. The van der Waals surface area contributed by atoms with Gasteiger partial charge in [0.1, 0.15) is 67.1 Å². The van der Waals surface area contributed by atoms with Gasteiger partial charge in [-0.3, -0.25) is 9.59 Å². The number of unbranched alkanes of at least 4 members (excludes halogenated alkanes) is 31. The van der Waals surface area contributed by atoms with E-state index in [1.807, 2.05) is 6.08 Å². The number of aliphatic carboxylic acids is 1. The zero-order chi connectivity index (χ0) is 66.8. The van der Waals surface area contributed by atoms with Gasteiger partial charge in [-0.05, 0) is 44.9 Å². The fourth-order valence-electron chi connectivity index (χ4n) is 12.2. The molecule has 3 aliphatic rings. The molecule has 0 bridgehead atoms. The Labute approximate surface area is 543 Å². The van der Waals surface area contributed by atoms with Gasteiger partial charge >= 0.3 is 5.97 Å². The Morgan fingerprint density at radius 2 is 1.03 bits per heavy atom. The first kappa shape index (κ1) is 82.4. The van der Waals surface area contributed by atoms with Gasteiger partial charge in [0.05, 0.1) is 50.7 Å². The Morgan fingerprint density at radius 3 is 1.49 bits per heavy atom. The van der Waals surface area contributed by atoms with Crippen molar-refractivity contribution in [3.63, 3.8) is 0 Å². The molecule has 91 heavy (non-hydrogen) atoms. The highest BCUT2D eigenvalue weighted by atomic mass is 16.8. The fraction of sp³-hybridized carbons (Fsp3) is 0.897. The smallest absolute Gasteiger partial charge is 0.364 e. The van der Waals surface area contributed by atoms with E-state index in [-0.39, 0.29) is 12.3 Å². The molecule has 0 aromatic rings. The standard InChI is InChI=1S/C68H124N2O21/c1-4-6-8-10-12-14-16-17-18-19-20-21-22-23-24-25-26-27-28-29-30-31-32-34-36-38-40-42-55(78)70-49(50(75)41-39-37-35-33-15-13-11-9-7-5-2)47-86-65-60(82)59(81)62(54(46-73)88-65)89-66-61(83)64(58(80)53(45-72)87-66)91-68(67(84)85)43-51(76)56(69-48(3)74)63(90-68)57(79)52(77)44-71/h23-24,39,41,49-54,56-66,71-73,75-77,79-83H,4-22,25-38,40,42-47H2,1-3H3,(H,69,74)(H,70,78)(H,84,85)/b24-23-,41-39+. The van der Waals surface area contributed by atoms with Crippen LogP contribution in [0.15, 0.2) is 24.3 Å². The van der Waals surface area contributed by atoms with Gasteiger partial charge in [0.15, 0.2) is 12.6 Å². The van der Waals surface area contributed by atoms with Crippen LogP contribution in [0.2, 0.25) is 0 Å². The van der Waals surface area contributed by atoms with Crippen LogP contribution in [0.4, 0.5) is 0 Å². The van der Waals surface area contributed by atoms with E-state index in [9.17, 15) is 75.7 Å². The van der Waals surface area contributed by atoms with Crippen LogP contribution in [0, 0.1) is 0 Å². The summed E-state index contributed by atoms with van der Waals surface area (Å²) >= 11 is 0. The number of rotatable bonds is 53. The molecule has 0 spiro atoms. The number of hydrogen-bond donors (Lipinski definition) is 14. The number of carboxylic acid groups (broad SMARTS) is 1. The molecule has 3 aliphatic heterocycles. The second kappa shape index (κ2) is 48.8. The maximum Gasteiger partial charge on any atom is 0.364 e. The largest absolute Gasteiger partial charge is 0.477 e. The minimum atomic E-state index is -3.08. The summed E-state index contributed by atoms with van der Waals surface area (Å²) < 4.78 is 34.7. The molecule has 2 amide bonds. The zero-order valence-electron chi connectivity index (χ0n) is 55.4. The van der Waals surface area contributed by atoms with Gasteiger partial charge in [0, 0.05) is 19.8 Å². The third-order valence-corrected chi connectivity index (χ3v) is 17.9. The number of carboxylic acids is 1. The zero-order valence-corrected chi connectivity index (χ0v) is 55.4. The molecule has 0 aromatic heterocycles. The van der Waals surface area contributed by atoms with Crippen molar-refractivity contribution in [2.24, 2.45) is 0 Å². The van der Waals surface area contributed by atoms with Crippen molar-refractivity contribution >= 4 is 17.8 Å². The molecule has 14 N–H and O–H groups in total. The first-order chi connectivity index (χ1) is 43.9. The van der Waals surface area contributed by atoms with Crippen LogP contribution in [0.5, 0.6) is 0 Å². The molecule has 18 atom stereocenters. The molecule has 0 saturated carbocycles. The highest BCUT2D eigenvalue weighted by Crippen LogP contribution is 2.39. The SMILES string of the molecule is CCCCCCCCCC/C=C/C(O)C(COC1OC(CO)C(OC2OC(CO)C(O)C(OC3(C(=O)O)CC(O)C(NC(C)=O)C(C(O)C(O)CO)O3)C2O)C(O)C1O)NC(=O)CCCCCCCCCCCCC/C=C\CCCCCCCCCCCCCC. The third-order valence-electron chi connectivity index (χ3n) is 17.9. The second-order valence-electron chi connectivity index (χ2n) is 25.7. The number of aliphatic hydroxyl groups is 11. The molecule has 23 nitrogen and oxygen atoms in total. The number of carbonyl (C=O) groups excluding carboxylic acids is 2. The average molecular weight is 1310 g/mol. The second-order valence-corrected chi connectivity index (χ2v) is 25.7. The normalized spacial score (nSPS) is 28.5. The summed E-state index contributed by atoms with van der Waals surface area (Å²) in [5.74, 6) is -6.14. The maximum atomic E-state index is 13.4. The quantitative estimate of drug-likeness (QED) is 0.0230. The number of hydrogen-bond acceptors (Lipinski definition) is 20. The van der Waals surface area contributed by atoms with Crippen LogP contribution in [0.25, 0.3) is 0 Å². The first-order valence-electron chi connectivity index (χ1n) is 35.2. The number of carbonyl (C=O) groups is 3. The van der Waals surface area contributed by atoms with Crippen LogP contribution < -0.4 is 10.6 Å². The highest BCUT2D eigenvalue weighted by Gasteiger charge is 2.60. The number of nitrogens with one attached hydrogen (secondary N) is 2. The first-order valence-corrected chi connectivity index (χ1v) is 35.2. The molecule has 0 radical (unpaired) electrons. The van der Waals surface area contributed by atoms with Gasteiger partial charge in [-0.2, -0.15) is 0 Å². The fourth-order valence-corrected chi connectivity index (χ4v) is 12.2. The lowest BCUT2D eigenvalue weighted by molar-refractivity contribution is -0.386. The van der Waals surface area contributed by atoms with Crippen LogP contribution in [0.3, 0.4) is 0 Å². The molecule has 23 heteroatoms.